The van der Waals surface area contributed by atoms with Gasteiger partial charge in [0.15, 0.2) is 0 Å². The summed E-state index contributed by atoms with van der Waals surface area (Å²) in [4.78, 5) is 82.3. The third-order valence-electron chi connectivity index (χ3n) is 9.92. The van der Waals surface area contributed by atoms with E-state index in [1.807, 2.05) is 48.3 Å². The third kappa shape index (κ3) is 13.7. The average Bonchev–Trinajstić information content (AvgIpc) is 3.29. The monoisotopic (exact) mass is 880 g/mol. The van der Waals surface area contributed by atoms with E-state index < -0.39 is 47.5 Å². The fourth-order valence-corrected chi connectivity index (χ4v) is 6.40. The van der Waals surface area contributed by atoms with Crippen molar-refractivity contribution in [2.45, 2.75) is 51.9 Å². The van der Waals surface area contributed by atoms with Crippen LogP contribution >= 0.6 is 0 Å². The van der Waals surface area contributed by atoms with Gasteiger partial charge >= 0.3 is 12.1 Å². The van der Waals surface area contributed by atoms with Crippen LogP contribution in [0.1, 0.15) is 59.5 Å². The van der Waals surface area contributed by atoms with E-state index >= 15 is 0 Å². The van der Waals surface area contributed by atoms with Crippen molar-refractivity contribution in [3.05, 3.63) is 101 Å². The van der Waals surface area contributed by atoms with Gasteiger partial charge in [0.25, 0.3) is 11.8 Å². The number of esters is 1. The third-order valence-corrected chi connectivity index (χ3v) is 9.92. The van der Waals surface area contributed by atoms with Gasteiger partial charge in [-0.3, -0.25) is 19.3 Å². The normalized spacial score (nSPS) is 11.9. The van der Waals surface area contributed by atoms with Crippen LogP contribution in [0.2, 0.25) is 0 Å². The topological polar surface area (TPSA) is 206 Å². The van der Waals surface area contributed by atoms with Crippen molar-refractivity contribution < 1.29 is 52.5 Å². The first kappa shape index (κ1) is 49.6. The zero-order chi connectivity index (χ0) is 47.0. The predicted octanol–water partition coefficient (Wildman–Crippen LogP) is 4.88. The summed E-state index contributed by atoms with van der Waals surface area (Å²) < 4.78 is 26.2. The van der Waals surface area contributed by atoms with E-state index in [-0.39, 0.29) is 61.9 Å². The van der Waals surface area contributed by atoms with E-state index in [1.54, 1.807) is 40.0 Å². The number of likely N-dealkylation sites (N-methyl/N-ethyl adjacent to an activating group) is 1. The Morgan fingerprint density at radius 3 is 2.20 bits per heavy atom. The number of hydrogen-bond acceptors (Lipinski definition) is 13. The molecule has 0 spiro atoms. The summed E-state index contributed by atoms with van der Waals surface area (Å²) in [5.41, 5.74) is 1.40. The first-order valence-electron chi connectivity index (χ1n) is 20.5. The van der Waals surface area contributed by atoms with Gasteiger partial charge in [-0.25, -0.2) is 9.59 Å². The van der Waals surface area contributed by atoms with Crippen molar-refractivity contribution in [2.75, 3.05) is 77.6 Å². The minimum Gasteiger partial charge on any atom is -0.496 e. The summed E-state index contributed by atoms with van der Waals surface area (Å²) in [5.74, 6) is -1.58. The van der Waals surface area contributed by atoms with Gasteiger partial charge in [0.1, 0.15) is 36.3 Å². The fraction of sp³-hybridized carbons (Fsp3) is 0.383. The number of hydrogen-bond donors (Lipinski definition) is 2. The summed E-state index contributed by atoms with van der Waals surface area (Å²) in [6.45, 7) is 6.99. The minimum absolute atomic E-state index is 0.132. The second-order valence-electron chi connectivity index (χ2n) is 15.6. The number of nitriles is 1. The van der Waals surface area contributed by atoms with Crippen LogP contribution in [0.15, 0.2) is 78.9 Å². The van der Waals surface area contributed by atoms with E-state index in [9.17, 15) is 34.0 Å². The molecular weight excluding hydrogens is 825 g/mol. The summed E-state index contributed by atoms with van der Waals surface area (Å²) in [7, 11) is 6.06. The van der Waals surface area contributed by atoms with E-state index in [4.69, 9.17) is 18.9 Å². The molecule has 2 N–H and O–H groups in total. The van der Waals surface area contributed by atoms with Gasteiger partial charge in [0.05, 0.1) is 63.6 Å². The Hall–Kier alpha value is -7.03. The van der Waals surface area contributed by atoms with Crippen LogP contribution in [0.25, 0.3) is 10.8 Å². The molecule has 0 saturated carbocycles. The van der Waals surface area contributed by atoms with Gasteiger partial charge in [-0.15, -0.1) is 0 Å². The lowest BCUT2D eigenvalue weighted by atomic mass is 10.0. The maximum atomic E-state index is 14.8. The molecule has 0 fully saturated rings. The summed E-state index contributed by atoms with van der Waals surface area (Å²) >= 11 is 0. The van der Waals surface area contributed by atoms with E-state index in [1.165, 1.54) is 56.3 Å². The number of benzene rings is 4. The van der Waals surface area contributed by atoms with Crippen molar-refractivity contribution in [1.29, 1.82) is 5.26 Å². The highest BCUT2D eigenvalue weighted by molar-refractivity contribution is 6.09. The van der Waals surface area contributed by atoms with Crippen LogP contribution in [0, 0.1) is 11.3 Å². The maximum absolute atomic E-state index is 14.8. The highest BCUT2D eigenvalue weighted by Gasteiger charge is 2.31. The first-order chi connectivity index (χ1) is 30.5. The number of ether oxygens (including phenoxy) is 5. The number of fused-ring (bicyclic) bond motifs is 1. The SMILES string of the molecule is COC(=O)COCCOCCNC(=O)c1ccc(C(=O)N(CC(C=O)NC(=O)[C@H](C)N(C)C(=O)OC(C)(C)C)c2cc(C#N)ccc2N(C)Cc2c(OC)ccc3ccccc23)cc1. The second-order valence-corrected chi connectivity index (χ2v) is 15.6. The first-order valence-corrected chi connectivity index (χ1v) is 20.5. The lowest BCUT2D eigenvalue weighted by Gasteiger charge is -2.32. The summed E-state index contributed by atoms with van der Waals surface area (Å²) in [6, 6.07) is 22.2. The molecule has 17 heteroatoms. The quantitative estimate of drug-likeness (QED) is 0.0652. The number of nitrogens with zero attached hydrogens (tertiary/aromatic N) is 4. The molecule has 0 saturated heterocycles. The number of amides is 4. The molecule has 0 aliphatic carbocycles. The van der Waals surface area contributed by atoms with E-state index in [0.29, 0.717) is 24.3 Å². The van der Waals surface area contributed by atoms with Gasteiger partial charge in [0, 0.05) is 43.9 Å². The fourth-order valence-electron chi connectivity index (χ4n) is 6.40. The zero-order valence-corrected chi connectivity index (χ0v) is 37.5. The second kappa shape index (κ2) is 23.4. The highest BCUT2D eigenvalue weighted by atomic mass is 16.6. The number of anilines is 2. The molecule has 2 atom stereocenters. The van der Waals surface area contributed by atoms with E-state index in [2.05, 4.69) is 21.4 Å². The molecule has 64 heavy (non-hydrogen) atoms. The van der Waals surface area contributed by atoms with Gasteiger partial charge in [-0.1, -0.05) is 30.3 Å². The maximum Gasteiger partial charge on any atom is 0.410 e. The Bertz CT molecular complexity index is 2320. The van der Waals surface area contributed by atoms with Crippen LogP contribution in [0.3, 0.4) is 0 Å². The number of rotatable bonds is 21. The lowest BCUT2D eigenvalue weighted by Crippen LogP contribution is -2.53. The Balaban J connectivity index is 1.65. The zero-order valence-electron chi connectivity index (χ0n) is 37.5. The molecule has 17 nitrogen and oxygen atoms in total. The van der Waals surface area contributed by atoms with Gasteiger partial charge < -0.3 is 48.9 Å². The molecule has 0 heterocycles. The van der Waals surface area contributed by atoms with Gasteiger partial charge in [0.2, 0.25) is 5.91 Å². The molecule has 4 aromatic carbocycles. The van der Waals surface area contributed by atoms with Crippen LogP contribution in [0.5, 0.6) is 5.75 Å². The van der Waals surface area contributed by atoms with Crippen molar-refractivity contribution >= 4 is 58.2 Å². The summed E-state index contributed by atoms with van der Waals surface area (Å²) in [5, 5.41) is 17.4. The molecule has 0 radical (unpaired) electrons. The lowest BCUT2D eigenvalue weighted by molar-refractivity contribution is -0.146. The molecule has 4 rings (SSSR count). The number of carbonyl (C=O) groups is 6. The molecule has 340 valence electrons. The number of nitrogens with one attached hydrogen (secondary N) is 2. The molecule has 4 amide bonds. The van der Waals surface area contributed by atoms with Gasteiger partial charge in [-0.05, 0) is 87.0 Å². The average molecular weight is 881 g/mol. The number of methoxy groups -OCH3 is 2. The van der Waals surface area contributed by atoms with Crippen LogP contribution in [-0.2, 0) is 39.9 Å². The smallest absolute Gasteiger partial charge is 0.410 e. The van der Waals surface area contributed by atoms with Crippen molar-refractivity contribution in [1.82, 2.24) is 15.5 Å². The predicted molar refractivity (Wildman–Crippen MR) is 239 cm³/mol. The minimum atomic E-state index is -1.29. The largest absolute Gasteiger partial charge is 0.496 e. The van der Waals surface area contributed by atoms with E-state index in [0.717, 1.165) is 21.2 Å². The molecular formula is C47H56N6O11. The molecule has 0 aliphatic rings. The Labute approximate surface area is 373 Å². The number of carbonyl (C=O) groups excluding carboxylic acids is 6. The molecule has 4 aromatic rings. The molecule has 0 aromatic heterocycles. The Morgan fingerprint density at radius 1 is 0.859 bits per heavy atom. The van der Waals surface area contributed by atoms with Crippen molar-refractivity contribution in [3.8, 4) is 11.8 Å². The molecule has 0 aliphatic heterocycles. The Morgan fingerprint density at radius 2 is 1.55 bits per heavy atom. The van der Waals surface area contributed by atoms with Crippen LogP contribution in [0.4, 0.5) is 16.2 Å². The van der Waals surface area contributed by atoms with Gasteiger partial charge in [-0.2, -0.15) is 5.26 Å². The molecule has 1 unspecified atom stereocenters. The van der Waals surface area contributed by atoms with Crippen LogP contribution in [-0.4, -0.2) is 126 Å². The van der Waals surface area contributed by atoms with Crippen LogP contribution < -0.4 is 25.2 Å². The molecule has 0 bridgehead atoms. The summed E-state index contributed by atoms with van der Waals surface area (Å²) in [6.07, 6.45) is -0.258. The standard InChI is InChI=1S/C47H56N6O11/c1-31(52(6)46(59)64-47(2,3)4)43(56)50-36(29-54)27-53(45(58)35-16-14-34(15-17-35)44(57)49-21-22-62-23-24-63-30-42(55)61-8)40-25-32(26-48)13-19-39(40)51(5)28-38-37-12-10-9-11-33(37)18-20-41(38)60-7/h9-20,25,29,31,36H,21-24,27-28,30H2,1-8H3,(H,49,57)(H,50,56)/t31-,36?/m0/s1. The Kier molecular flexibility index (Phi) is 18.2. The van der Waals surface area contributed by atoms with Crippen molar-refractivity contribution in [2.24, 2.45) is 0 Å². The highest BCUT2D eigenvalue weighted by Crippen LogP contribution is 2.35. The number of aldehydes is 1. The van der Waals surface area contributed by atoms with Crippen molar-refractivity contribution in [3.63, 3.8) is 0 Å².